The molecule has 2 aromatic heterocycles. The number of methoxy groups -OCH3 is 2. The van der Waals surface area contributed by atoms with Crippen LogP contribution in [-0.2, 0) is 0 Å². The van der Waals surface area contributed by atoms with Crippen molar-refractivity contribution < 1.29 is 23.9 Å². The molecule has 0 radical (unpaired) electrons. The molecule has 4 aromatic rings. The first-order valence-corrected chi connectivity index (χ1v) is 9.16. The molecule has 0 aliphatic carbocycles. The maximum atomic E-state index is 12.5. The Kier molecular flexibility index (Phi) is 5.23. The number of pyridine rings is 1. The lowest BCUT2D eigenvalue weighted by atomic mass is 10.1. The van der Waals surface area contributed by atoms with Gasteiger partial charge < -0.3 is 14.2 Å². The standard InChI is InChI=1S/C22H17N3O6/c1-29-19-9-5-15(11-20(19)30-2)22(26)31-17-7-3-14(4-8-17)18-13-24-12-16(25(27)28)6-10-21(24)23-18/h3-13H,1-2H3. The van der Waals surface area contributed by atoms with E-state index in [2.05, 4.69) is 4.98 Å². The summed E-state index contributed by atoms with van der Waals surface area (Å²) in [7, 11) is 3.00. The number of esters is 1. The maximum absolute atomic E-state index is 12.5. The highest BCUT2D eigenvalue weighted by atomic mass is 16.6. The van der Waals surface area contributed by atoms with Crippen molar-refractivity contribution >= 4 is 17.3 Å². The van der Waals surface area contributed by atoms with Gasteiger partial charge in [-0.15, -0.1) is 0 Å². The number of hydrogen-bond donors (Lipinski definition) is 0. The van der Waals surface area contributed by atoms with Crippen LogP contribution in [0.25, 0.3) is 16.9 Å². The van der Waals surface area contributed by atoms with Crippen molar-refractivity contribution in [2.45, 2.75) is 0 Å². The fraction of sp³-hybridized carbons (Fsp3) is 0.0909. The highest BCUT2D eigenvalue weighted by Crippen LogP contribution is 2.28. The molecule has 31 heavy (non-hydrogen) atoms. The highest BCUT2D eigenvalue weighted by Gasteiger charge is 2.14. The Bertz CT molecular complexity index is 1280. The molecule has 9 nitrogen and oxygen atoms in total. The van der Waals surface area contributed by atoms with Gasteiger partial charge in [0.25, 0.3) is 5.69 Å². The van der Waals surface area contributed by atoms with Gasteiger partial charge in [0.1, 0.15) is 11.4 Å². The van der Waals surface area contributed by atoms with E-state index in [1.807, 2.05) is 0 Å². The molecule has 9 heteroatoms. The number of rotatable bonds is 6. The second-order valence-corrected chi connectivity index (χ2v) is 6.52. The van der Waals surface area contributed by atoms with Crippen LogP contribution in [0.3, 0.4) is 0 Å². The Hall–Kier alpha value is -4.40. The summed E-state index contributed by atoms with van der Waals surface area (Å²) < 4.78 is 17.4. The van der Waals surface area contributed by atoms with Crippen molar-refractivity contribution in [2.24, 2.45) is 0 Å². The topological polar surface area (TPSA) is 105 Å². The van der Waals surface area contributed by atoms with E-state index in [-0.39, 0.29) is 5.69 Å². The van der Waals surface area contributed by atoms with Crippen molar-refractivity contribution in [1.29, 1.82) is 0 Å². The third-order valence-corrected chi connectivity index (χ3v) is 4.63. The normalized spacial score (nSPS) is 10.6. The number of benzene rings is 2. The van der Waals surface area contributed by atoms with E-state index in [1.165, 1.54) is 26.5 Å². The number of carbonyl (C=O) groups excluding carboxylic acids is 1. The average molecular weight is 419 g/mol. The van der Waals surface area contributed by atoms with E-state index >= 15 is 0 Å². The SMILES string of the molecule is COc1ccc(C(=O)Oc2ccc(-c3cn4cc([N+](=O)[O-])ccc4n3)cc2)cc1OC. The fourth-order valence-electron chi connectivity index (χ4n) is 3.05. The van der Waals surface area contributed by atoms with E-state index in [0.29, 0.717) is 34.2 Å². The average Bonchev–Trinajstić information content (AvgIpc) is 3.22. The summed E-state index contributed by atoms with van der Waals surface area (Å²) in [6.07, 6.45) is 3.11. The molecule has 0 atom stereocenters. The Balaban J connectivity index is 1.52. The minimum atomic E-state index is -0.534. The van der Waals surface area contributed by atoms with Gasteiger partial charge in [-0.05, 0) is 48.5 Å². The van der Waals surface area contributed by atoms with Crippen LogP contribution in [0.15, 0.2) is 67.0 Å². The molecule has 0 aliphatic rings. The van der Waals surface area contributed by atoms with E-state index in [0.717, 1.165) is 5.56 Å². The van der Waals surface area contributed by atoms with Crippen molar-refractivity contribution in [1.82, 2.24) is 9.38 Å². The first kappa shape index (κ1) is 19.9. The second-order valence-electron chi connectivity index (χ2n) is 6.52. The zero-order valence-electron chi connectivity index (χ0n) is 16.6. The first-order valence-electron chi connectivity index (χ1n) is 9.16. The third kappa shape index (κ3) is 4.01. The zero-order chi connectivity index (χ0) is 22.0. The summed E-state index contributed by atoms with van der Waals surface area (Å²) in [6, 6.07) is 14.6. The third-order valence-electron chi connectivity index (χ3n) is 4.63. The van der Waals surface area contributed by atoms with Crippen LogP contribution in [0, 0.1) is 10.1 Å². The van der Waals surface area contributed by atoms with E-state index in [1.54, 1.807) is 59.1 Å². The summed E-state index contributed by atoms with van der Waals surface area (Å²) in [5.74, 6) is 0.775. The number of ether oxygens (including phenoxy) is 3. The first-order chi connectivity index (χ1) is 15.0. The molecule has 156 valence electrons. The Morgan fingerprint density at radius 3 is 2.39 bits per heavy atom. The quantitative estimate of drug-likeness (QED) is 0.200. The number of imidazole rings is 1. The number of nitro groups is 1. The molecule has 0 bridgehead atoms. The van der Waals surface area contributed by atoms with E-state index < -0.39 is 10.9 Å². The van der Waals surface area contributed by atoms with Crippen LogP contribution < -0.4 is 14.2 Å². The van der Waals surface area contributed by atoms with Crippen LogP contribution in [0.5, 0.6) is 17.2 Å². The Morgan fingerprint density at radius 2 is 1.71 bits per heavy atom. The number of nitrogens with zero attached hydrogens (tertiary/aromatic N) is 3. The molecule has 0 fully saturated rings. The largest absolute Gasteiger partial charge is 0.493 e. The fourth-order valence-corrected chi connectivity index (χ4v) is 3.05. The molecular formula is C22H17N3O6. The molecule has 0 aliphatic heterocycles. The Morgan fingerprint density at radius 1 is 0.968 bits per heavy atom. The molecular weight excluding hydrogens is 402 g/mol. The molecule has 0 N–H and O–H groups in total. The van der Waals surface area contributed by atoms with Crippen molar-refractivity contribution in [3.8, 4) is 28.5 Å². The monoisotopic (exact) mass is 419 g/mol. The van der Waals surface area contributed by atoms with E-state index in [9.17, 15) is 14.9 Å². The Labute approximate surface area is 176 Å². The van der Waals surface area contributed by atoms with Crippen LogP contribution >= 0.6 is 0 Å². The van der Waals surface area contributed by atoms with Crippen molar-refractivity contribution in [3.05, 3.63) is 82.7 Å². The summed E-state index contributed by atoms with van der Waals surface area (Å²) in [4.78, 5) is 27.4. The molecule has 4 rings (SSSR count). The van der Waals surface area contributed by atoms with E-state index in [4.69, 9.17) is 14.2 Å². The van der Waals surface area contributed by atoms with Gasteiger partial charge in [-0.2, -0.15) is 0 Å². The summed E-state index contributed by atoms with van der Waals surface area (Å²) in [5.41, 5.74) is 2.30. The number of aromatic nitrogens is 2. The summed E-state index contributed by atoms with van der Waals surface area (Å²) >= 11 is 0. The zero-order valence-corrected chi connectivity index (χ0v) is 16.6. The molecule has 0 saturated heterocycles. The van der Waals surface area contributed by atoms with Gasteiger partial charge in [0.05, 0.1) is 36.6 Å². The lowest BCUT2D eigenvalue weighted by Crippen LogP contribution is -2.08. The van der Waals surface area contributed by atoms with Crippen LogP contribution in [0.1, 0.15) is 10.4 Å². The highest BCUT2D eigenvalue weighted by molar-refractivity contribution is 5.92. The van der Waals surface area contributed by atoms with Gasteiger partial charge >= 0.3 is 5.97 Å². The minimum Gasteiger partial charge on any atom is -0.493 e. The molecule has 0 amide bonds. The molecule has 0 unspecified atom stereocenters. The lowest BCUT2D eigenvalue weighted by molar-refractivity contribution is -0.385. The van der Waals surface area contributed by atoms with Crippen LogP contribution in [0.4, 0.5) is 5.69 Å². The van der Waals surface area contributed by atoms with Crippen LogP contribution in [0.2, 0.25) is 0 Å². The number of hydrogen-bond acceptors (Lipinski definition) is 7. The lowest BCUT2D eigenvalue weighted by Gasteiger charge is -2.09. The minimum absolute atomic E-state index is 0.0196. The number of carbonyl (C=O) groups is 1. The second kappa shape index (κ2) is 8.15. The van der Waals surface area contributed by atoms with Gasteiger partial charge in [0.2, 0.25) is 0 Å². The summed E-state index contributed by atoms with van der Waals surface area (Å²) in [5, 5.41) is 10.9. The van der Waals surface area contributed by atoms with Crippen LogP contribution in [-0.4, -0.2) is 34.5 Å². The summed E-state index contributed by atoms with van der Waals surface area (Å²) in [6.45, 7) is 0. The molecule has 2 heterocycles. The van der Waals surface area contributed by atoms with Gasteiger partial charge in [-0.1, -0.05) is 0 Å². The van der Waals surface area contributed by atoms with Crippen molar-refractivity contribution in [2.75, 3.05) is 14.2 Å². The van der Waals surface area contributed by atoms with Gasteiger partial charge in [-0.25, -0.2) is 9.78 Å². The van der Waals surface area contributed by atoms with Gasteiger partial charge in [-0.3, -0.25) is 14.5 Å². The molecule has 0 saturated carbocycles. The maximum Gasteiger partial charge on any atom is 0.343 e. The van der Waals surface area contributed by atoms with Gasteiger partial charge in [0.15, 0.2) is 11.5 Å². The predicted octanol–water partition coefficient (Wildman–Crippen LogP) is 4.15. The molecule has 2 aromatic carbocycles. The number of fused-ring (bicyclic) bond motifs is 1. The van der Waals surface area contributed by atoms with Crippen molar-refractivity contribution in [3.63, 3.8) is 0 Å². The smallest absolute Gasteiger partial charge is 0.343 e. The predicted molar refractivity (Wildman–Crippen MR) is 112 cm³/mol. The molecule has 0 spiro atoms. The van der Waals surface area contributed by atoms with Gasteiger partial charge in [0, 0.05) is 17.8 Å².